The maximum absolute atomic E-state index is 13.0. The molecule has 1 aromatic heterocycles. The molecule has 5 nitrogen and oxygen atoms in total. The van der Waals surface area contributed by atoms with Gasteiger partial charge >= 0.3 is 0 Å². The van der Waals surface area contributed by atoms with Gasteiger partial charge in [-0.15, -0.1) is 11.8 Å². The predicted octanol–water partition coefficient (Wildman–Crippen LogP) is 4.09. The van der Waals surface area contributed by atoms with Gasteiger partial charge in [-0.3, -0.25) is 19.6 Å². The maximum atomic E-state index is 13.0. The minimum absolute atomic E-state index is 0.0530. The van der Waals surface area contributed by atoms with E-state index in [1.165, 1.54) is 0 Å². The summed E-state index contributed by atoms with van der Waals surface area (Å²) in [5.74, 6) is -0.0876. The first-order valence-electron chi connectivity index (χ1n) is 9.34. The molecule has 1 amide bonds. The third-order valence-corrected chi connectivity index (χ3v) is 5.91. The van der Waals surface area contributed by atoms with Gasteiger partial charge in [0.2, 0.25) is 0 Å². The van der Waals surface area contributed by atoms with Gasteiger partial charge in [0.1, 0.15) is 0 Å². The van der Waals surface area contributed by atoms with Crippen molar-refractivity contribution in [3.8, 4) is 0 Å². The van der Waals surface area contributed by atoms with E-state index in [0.29, 0.717) is 24.2 Å². The molecule has 142 valence electrons. The first kappa shape index (κ1) is 18.6. The Kier molecular flexibility index (Phi) is 5.39. The van der Waals surface area contributed by atoms with Gasteiger partial charge < -0.3 is 4.90 Å². The number of fused-ring (bicyclic) bond motifs is 1. The SMILES string of the molecule is CSc1ccc(C(=O)C2CCCN(C(=O)c3ccc4nccnc4c3)C2)cc1. The molecule has 1 aliphatic heterocycles. The lowest BCUT2D eigenvalue weighted by molar-refractivity contribution is 0.0637. The standard InChI is InChI=1S/C22H21N3O2S/c1-28-18-7-4-15(5-8-18)21(26)17-3-2-12-25(14-17)22(27)16-6-9-19-20(13-16)24-11-10-23-19/h4-11,13,17H,2-3,12,14H2,1H3. The molecule has 4 rings (SSSR count). The number of Topliss-reactive ketones (excluding diaryl/α,β-unsaturated/α-hetero) is 1. The van der Waals surface area contributed by atoms with Crippen molar-refractivity contribution in [3.05, 3.63) is 66.0 Å². The van der Waals surface area contributed by atoms with Crippen molar-refractivity contribution in [1.82, 2.24) is 14.9 Å². The number of piperidine rings is 1. The normalized spacial score (nSPS) is 16.9. The molecule has 6 heteroatoms. The number of likely N-dealkylation sites (tertiary alicyclic amines) is 1. The molecule has 1 atom stereocenters. The third kappa shape index (κ3) is 3.78. The molecular formula is C22H21N3O2S. The van der Waals surface area contributed by atoms with Crippen LogP contribution in [0.2, 0.25) is 0 Å². The third-order valence-electron chi connectivity index (χ3n) is 5.17. The highest BCUT2D eigenvalue weighted by atomic mass is 32.2. The Morgan fingerprint density at radius 2 is 1.71 bits per heavy atom. The van der Waals surface area contributed by atoms with Crippen molar-refractivity contribution in [2.75, 3.05) is 19.3 Å². The topological polar surface area (TPSA) is 63.2 Å². The van der Waals surface area contributed by atoms with E-state index in [2.05, 4.69) is 9.97 Å². The molecule has 1 aliphatic rings. The van der Waals surface area contributed by atoms with E-state index in [-0.39, 0.29) is 17.6 Å². The summed E-state index contributed by atoms with van der Waals surface area (Å²) >= 11 is 1.65. The summed E-state index contributed by atoms with van der Waals surface area (Å²) in [6.45, 7) is 1.13. The van der Waals surface area contributed by atoms with Gasteiger partial charge in [0, 0.05) is 47.4 Å². The Labute approximate surface area is 168 Å². The Hall–Kier alpha value is -2.73. The minimum Gasteiger partial charge on any atom is -0.338 e. The fraction of sp³-hybridized carbons (Fsp3) is 0.273. The maximum Gasteiger partial charge on any atom is 0.253 e. The number of benzene rings is 2. The largest absolute Gasteiger partial charge is 0.338 e. The molecule has 0 N–H and O–H groups in total. The Morgan fingerprint density at radius 1 is 1.00 bits per heavy atom. The number of carbonyl (C=O) groups is 2. The highest BCUT2D eigenvalue weighted by Gasteiger charge is 2.29. The van der Waals surface area contributed by atoms with Crippen molar-refractivity contribution >= 4 is 34.5 Å². The molecular weight excluding hydrogens is 370 g/mol. The average molecular weight is 391 g/mol. The Bertz CT molecular complexity index is 1020. The molecule has 2 heterocycles. The zero-order chi connectivity index (χ0) is 19.5. The van der Waals surface area contributed by atoms with E-state index in [9.17, 15) is 9.59 Å². The van der Waals surface area contributed by atoms with Crippen LogP contribution in [0.5, 0.6) is 0 Å². The number of aromatic nitrogens is 2. The number of nitrogens with zero attached hydrogens (tertiary/aromatic N) is 3. The lowest BCUT2D eigenvalue weighted by Crippen LogP contribution is -2.42. The second-order valence-corrected chi connectivity index (χ2v) is 7.82. The van der Waals surface area contributed by atoms with Crippen molar-refractivity contribution in [3.63, 3.8) is 0 Å². The molecule has 0 spiro atoms. The first-order chi connectivity index (χ1) is 13.7. The Balaban J connectivity index is 1.50. The molecule has 28 heavy (non-hydrogen) atoms. The van der Waals surface area contributed by atoms with Crippen LogP contribution >= 0.6 is 11.8 Å². The smallest absolute Gasteiger partial charge is 0.253 e. The van der Waals surface area contributed by atoms with Crippen LogP contribution in [0.4, 0.5) is 0 Å². The highest BCUT2D eigenvalue weighted by Crippen LogP contribution is 2.24. The van der Waals surface area contributed by atoms with Gasteiger partial charge in [-0.1, -0.05) is 12.1 Å². The molecule has 1 fully saturated rings. The zero-order valence-corrected chi connectivity index (χ0v) is 16.5. The Morgan fingerprint density at radius 3 is 2.46 bits per heavy atom. The molecule has 0 saturated carbocycles. The highest BCUT2D eigenvalue weighted by molar-refractivity contribution is 7.98. The summed E-state index contributed by atoms with van der Waals surface area (Å²) in [4.78, 5) is 37.4. The van der Waals surface area contributed by atoms with Crippen LogP contribution in [-0.2, 0) is 0 Å². The van der Waals surface area contributed by atoms with Gasteiger partial charge in [-0.2, -0.15) is 0 Å². The summed E-state index contributed by atoms with van der Waals surface area (Å²) in [7, 11) is 0. The van der Waals surface area contributed by atoms with E-state index in [4.69, 9.17) is 0 Å². The van der Waals surface area contributed by atoms with Crippen LogP contribution in [0.1, 0.15) is 33.6 Å². The number of ketones is 1. The minimum atomic E-state index is -0.155. The number of carbonyl (C=O) groups excluding carboxylic acids is 2. The van der Waals surface area contributed by atoms with Gasteiger partial charge in [-0.05, 0) is 49.4 Å². The van der Waals surface area contributed by atoms with Gasteiger partial charge in [0.05, 0.1) is 11.0 Å². The zero-order valence-electron chi connectivity index (χ0n) is 15.7. The second-order valence-electron chi connectivity index (χ2n) is 6.94. The molecule has 3 aromatic rings. The predicted molar refractivity (Wildman–Crippen MR) is 111 cm³/mol. The van der Waals surface area contributed by atoms with Crippen LogP contribution < -0.4 is 0 Å². The fourth-order valence-electron chi connectivity index (χ4n) is 3.65. The molecule has 0 bridgehead atoms. The van der Waals surface area contributed by atoms with Crippen LogP contribution in [0.3, 0.4) is 0 Å². The van der Waals surface area contributed by atoms with Crippen LogP contribution in [0.15, 0.2) is 59.8 Å². The van der Waals surface area contributed by atoms with Crippen LogP contribution in [0, 0.1) is 5.92 Å². The van der Waals surface area contributed by atoms with E-state index in [1.807, 2.05) is 36.6 Å². The van der Waals surface area contributed by atoms with Crippen molar-refractivity contribution in [1.29, 1.82) is 0 Å². The van der Waals surface area contributed by atoms with Crippen molar-refractivity contribution < 1.29 is 9.59 Å². The van der Waals surface area contributed by atoms with Crippen molar-refractivity contribution in [2.24, 2.45) is 5.92 Å². The average Bonchev–Trinajstić information content (AvgIpc) is 2.78. The lowest BCUT2D eigenvalue weighted by atomic mass is 9.89. The summed E-state index contributed by atoms with van der Waals surface area (Å²) in [6, 6.07) is 13.1. The lowest BCUT2D eigenvalue weighted by Gasteiger charge is -2.32. The molecule has 0 aliphatic carbocycles. The summed E-state index contributed by atoms with van der Waals surface area (Å²) in [5, 5.41) is 0. The van der Waals surface area contributed by atoms with E-state index < -0.39 is 0 Å². The van der Waals surface area contributed by atoms with Crippen LogP contribution in [-0.4, -0.2) is 45.9 Å². The fourth-order valence-corrected chi connectivity index (χ4v) is 4.05. The van der Waals surface area contributed by atoms with Crippen molar-refractivity contribution in [2.45, 2.75) is 17.7 Å². The molecule has 1 saturated heterocycles. The molecule has 2 aromatic carbocycles. The van der Waals surface area contributed by atoms with E-state index >= 15 is 0 Å². The first-order valence-corrected chi connectivity index (χ1v) is 10.6. The number of thioether (sulfide) groups is 1. The summed E-state index contributed by atoms with van der Waals surface area (Å²) < 4.78 is 0. The molecule has 0 radical (unpaired) electrons. The summed E-state index contributed by atoms with van der Waals surface area (Å²) in [6.07, 6.45) is 6.92. The number of hydrogen-bond donors (Lipinski definition) is 0. The quantitative estimate of drug-likeness (QED) is 0.495. The van der Waals surface area contributed by atoms with E-state index in [1.54, 1.807) is 41.2 Å². The van der Waals surface area contributed by atoms with Crippen LogP contribution in [0.25, 0.3) is 11.0 Å². The van der Waals surface area contributed by atoms with Gasteiger partial charge in [0.15, 0.2) is 5.78 Å². The number of amides is 1. The second kappa shape index (κ2) is 8.10. The molecule has 1 unspecified atom stereocenters. The summed E-state index contributed by atoms with van der Waals surface area (Å²) in [5.41, 5.74) is 2.77. The monoisotopic (exact) mass is 391 g/mol. The number of rotatable bonds is 4. The van der Waals surface area contributed by atoms with Gasteiger partial charge in [0.25, 0.3) is 5.91 Å². The van der Waals surface area contributed by atoms with Gasteiger partial charge in [-0.25, -0.2) is 0 Å². The van der Waals surface area contributed by atoms with E-state index in [0.717, 1.165) is 28.8 Å². The number of hydrogen-bond acceptors (Lipinski definition) is 5.